The molecule has 1 spiro atoms. The fraction of sp³-hybridized carbons (Fsp3) is 0.855. The molecule has 428 valence electrons. The van der Waals surface area contributed by atoms with Crippen LogP contribution in [0.5, 0.6) is 0 Å². The fourth-order valence-corrected chi connectivity index (χ4v) is 17.2. The number of benzene rings is 1. The second-order valence-electron chi connectivity index (χ2n) is 25.9. The minimum Gasteiger partial charge on any atom is -0.458 e. The average molecular weight is 1080 g/mol. The highest BCUT2D eigenvalue weighted by Gasteiger charge is 2.86. The first-order valence-corrected chi connectivity index (χ1v) is 27.4. The SMILES string of the molecule is CNc1ccccc1C(=O)O[C@H]1C[C@@]2(C)[C@@H](C[C@@]1(C)C=O)[C@@]13O[C@@H]1C[C@@H]1[C@@]4(C)CC[C@H](O[C@@H]5OC[C@H](O[C@@H]6O[C@H](CO)[C@@H](O)[C@H](O)[C@H]6O)[C@H](O)[C@H]5O[C@@H]5O[C@H](CO)[C@@H](O)[C@H](O)[C@H]5O)C(C)(C)[C@@H]4CC[C@@]1(C)[C@]3(C)C[C@@H]2O. The Balaban J connectivity index is 0.887. The average Bonchev–Trinajstić information content (AvgIpc) is 4.30. The number of hydrogen-bond acceptors (Lipinski definition) is 21. The molecule has 0 aromatic heterocycles. The normalized spacial score (nSPS) is 53.4. The number of fused-ring (bicyclic) bond motifs is 5. The molecule has 21 heteroatoms. The van der Waals surface area contributed by atoms with Crippen molar-refractivity contribution >= 4 is 17.9 Å². The molecular formula is C55H83NO20. The smallest absolute Gasteiger partial charge is 0.340 e. The Morgan fingerprint density at radius 1 is 0.697 bits per heavy atom. The maximum absolute atomic E-state index is 13.8. The predicted molar refractivity (Wildman–Crippen MR) is 264 cm³/mol. The van der Waals surface area contributed by atoms with Crippen LogP contribution < -0.4 is 5.32 Å². The van der Waals surface area contributed by atoms with Crippen molar-refractivity contribution in [2.24, 2.45) is 50.2 Å². The highest BCUT2D eigenvalue weighted by Crippen LogP contribution is 2.83. The molecule has 4 aliphatic heterocycles. The van der Waals surface area contributed by atoms with E-state index >= 15 is 0 Å². The summed E-state index contributed by atoms with van der Waals surface area (Å²) >= 11 is 0. The molecule has 27 atom stereocenters. The van der Waals surface area contributed by atoms with Gasteiger partial charge in [0.15, 0.2) is 18.9 Å². The molecule has 11 N–H and O–H groups in total. The third kappa shape index (κ3) is 8.33. The maximum Gasteiger partial charge on any atom is 0.340 e. The number of aliphatic hydroxyl groups is 10. The van der Waals surface area contributed by atoms with Crippen LogP contribution in [0.4, 0.5) is 5.69 Å². The standard InChI is InChI=1S/C55H83NO20/c1-49(2)30-13-16-53(6)31(17-35-55(76-35)32-18-50(3,24-59)36(20-52(32,5)33(60)19-54(53,55)7)73-45(68)25-11-9-10-12-26(25)56-8)51(30,4)15-14-34(49)74-48-44(75-47-43(67)41(65)38(62)28(22-58)71-47)39(63)29(23-69-48)72-46-42(66)40(64)37(61)27(21-57)70-46/h9-12,24,27-44,46-48,56-58,60-67H,13-23H2,1-8H3/t27-,28-,29+,30+,31-,32-,33+,34+,35-,36+,37-,38-,39+,40+,41+,42-,43-,44-,46+,47+,48+,50+,51+,52+,53-,54+,55-/m1/s1. The molecule has 5 saturated carbocycles. The van der Waals surface area contributed by atoms with E-state index in [1.54, 1.807) is 25.2 Å². The fourth-order valence-electron chi connectivity index (χ4n) is 17.2. The summed E-state index contributed by atoms with van der Waals surface area (Å²) < 4.78 is 50.2. The van der Waals surface area contributed by atoms with E-state index < -0.39 is 151 Å². The molecule has 5 aliphatic carbocycles. The van der Waals surface area contributed by atoms with Crippen molar-refractivity contribution in [2.45, 2.75) is 216 Å². The van der Waals surface area contributed by atoms with Gasteiger partial charge in [-0.15, -0.1) is 0 Å². The zero-order valence-electron chi connectivity index (χ0n) is 44.8. The molecule has 76 heavy (non-hydrogen) atoms. The van der Waals surface area contributed by atoms with Crippen LogP contribution in [-0.2, 0) is 42.7 Å². The summed E-state index contributed by atoms with van der Waals surface area (Å²) in [5.74, 6) is -0.497. The highest BCUT2D eigenvalue weighted by molar-refractivity contribution is 5.95. The third-order valence-corrected chi connectivity index (χ3v) is 21.9. The van der Waals surface area contributed by atoms with Gasteiger partial charge in [0.1, 0.15) is 85.1 Å². The van der Waals surface area contributed by atoms with Gasteiger partial charge in [-0.25, -0.2) is 4.79 Å². The second-order valence-corrected chi connectivity index (χ2v) is 25.9. The Bertz CT molecular complexity index is 2310. The van der Waals surface area contributed by atoms with Crippen molar-refractivity contribution in [3.05, 3.63) is 29.8 Å². The highest BCUT2D eigenvalue weighted by atomic mass is 16.8. The zero-order chi connectivity index (χ0) is 55.0. The molecule has 1 aromatic carbocycles. The van der Waals surface area contributed by atoms with Crippen LogP contribution in [0.15, 0.2) is 24.3 Å². The van der Waals surface area contributed by atoms with E-state index in [1.807, 2.05) is 13.0 Å². The summed E-state index contributed by atoms with van der Waals surface area (Å²) in [5, 5.41) is 112. The number of aldehydes is 1. The molecule has 4 heterocycles. The van der Waals surface area contributed by atoms with Gasteiger partial charge in [0.25, 0.3) is 0 Å². The first-order chi connectivity index (χ1) is 35.7. The number of epoxide rings is 1. The number of esters is 1. The Morgan fingerprint density at radius 3 is 1.95 bits per heavy atom. The lowest BCUT2D eigenvalue weighted by Crippen LogP contribution is -2.73. The van der Waals surface area contributed by atoms with Gasteiger partial charge in [-0.2, -0.15) is 0 Å². The number of carbonyl (C=O) groups is 2. The van der Waals surface area contributed by atoms with Gasteiger partial charge >= 0.3 is 5.97 Å². The Labute approximate surface area is 443 Å². The van der Waals surface area contributed by atoms with E-state index in [1.165, 1.54) is 0 Å². The molecule has 21 nitrogen and oxygen atoms in total. The molecule has 0 radical (unpaired) electrons. The summed E-state index contributed by atoms with van der Waals surface area (Å²) in [5.41, 5.74) is -3.02. The summed E-state index contributed by atoms with van der Waals surface area (Å²) in [7, 11) is 1.73. The van der Waals surface area contributed by atoms with Crippen LogP contribution >= 0.6 is 0 Å². The van der Waals surface area contributed by atoms with Gasteiger partial charge in [0.05, 0.1) is 49.1 Å². The van der Waals surface area contributed by atoms with Gasteiger partial charge in [0.2, 0.25) is 0 Å². The lowest BCUT2D eigenvalue weighted by Gasteiger charge is -2.73. The van der Waals surface area contributed by atoms with E-state index in [0.29, 0.717) is 36.9 Å². The van der Waals surface area contributed by atoms with Gasteiger partial charge in [-0.1, -0.05) is 53.7 Å². The molecule has 9 aliphatic rings. The Morgan fingerprint density at radius 2 is 1.33 bits per heavy atom. The number of carbonyl (C=O) groups excluding carboxylic acids is 2. The molecule has 4 saturated heterocycles. The number of nitrogens with one attached hydrogen (secondary N) is 1. The lowest BCUT2D eigenvalue weighted by atomic mass is 9.31. The van der Waals surface area contributed by atoms with Crippen LogP contribution in [0.3, 0.4) is 0 Å². The van der Waals surface area contributed by atoms with Crippen LogP contribution in [0, 0.1) is 50.2 Å². The largest absolute Gasteiger partial charge is 0.458 e. The van der Waals surface area contributed by atoms with E-state index in [-0.39, 0.29) is 41.3 Å². The summed E-state index contributed by atoms with van der Waals surface area (Å²) in [6, 6.07) is 7.09. The number of rotatable bonds is 12. The number of ether oxygens (including phenoxy) is 8. The summed E-state index contributed by atoms with van der Waals surface area (Å²) in [4.78, 5) is 27.2. The first-order valence-electron chi connectivity index (χ1n) is 27.4. The zero-order valence-corrected chi connectivity index (χ0v) is 44.8. The monoisotopic (exact) mass is 1080 g/mol. The second kappa shape index (κ2) is 19.9. The number of aliphatic hydroxyl groups excluding tert-OH is 10. The lowest BCUT2D eigenvalue weighted by molar-refractivity contribution is -0.382. The molecule has 1 aromatic rings. The van der Waals surface area contributed by atoms with Gasteiger partial charge in [0, 0.05) is 29.5 Å². The Hall–Kier alpha value is -2.52. The molecular weight excluding hydrogens is 995 g/mol. The topological polar surface area (TPSA) is 326 Å². The van der Waals surface area contributed by atoms with Crippen LogP contribution in [-0.4, -0.2) is 206 Å². The predicted octanol–water partition coefficient (Wildman–Crippen LogP) is 0.519. The molecule has 0 unspecified atom stereocenters. The van der Waals surface area contributed by atoms with Crippen LogP contribution in [0.2, 0.25) is 0 Å². The number of anilines is 1. The van der Waals surface area contributed by atoms with Crippen molar-refractivity contribution in [2.75, 3.05) is 32.2 Å². The van der Waals surface area contributed by atoms with Crippen molar-refractivity contribution < 1.29 is 98.5 Å². The third-order valence-electron chi connectivity index (χ3n) is 21.9. The van der Waals surface area contributed by atoms with Crippen molar-refractivity contribution in [1.82, 2.24) is 0 Å². The van der Waals surface area contributed by atoms with E-state index in [9.17, 15) is 60.7 Å². The van der Waals surface area contributed by atoms with E-state index in [0.717, 1.165) is 32.0 Å². The van der Waals surface area contributed by atoms with Crippen molar-refractivity contribution in [3.63, 3.8) is 0 Å². The number of para-hydroxylation sites is 1. The number of hydrogen-bond donors (Lipinski definition) is 11. The van der Waals surface area contributed by atoms with Crippen molar-refractivity contribution in [3.8, 4) is 0 Å². The minimum absolute atomic E-state index is 0.0857. The maximum atomic E-state index is 13.8. The minimum atomic E-state index is -1.85. The first kappa shape index (κ1) is 56.7. The van der Waals surface area contributed by atoms with E-state index in [4.69, 9.17) is 37.9 Å². The molecule has 0 bridgehead atoms. The summed E-state index contributed by atoms with van der Waals surface area (Å²) in [6.07, 6.45) is -19.0. The van der Waals surface area contributed by atoms with Gasteiger partial charge in [-0.05, 0) is 98.5 Å². The van der Waals surface area contributed by atoms with Crippen LogP contribution in [0.25, 0.3) is 0 Å². The molecule has 0 amide bonds. The van der Waals surface area contributed by atoms with Gasteiger partial charge in [-0.3, -0.25) is 0 Å². The summed E-state index contributed by atoms with van der Waals surface area (Å²) in [6.45, 7) is 13.5. The Kier molecular flexibility index (Phi) is 14.8. The molecule has 9 fully saturated rings. The van der Waals surface area contributed by atoms with Crippen LogP contribution in [0.1, 0.15) is 110 Å². The quantitative estimate of drug-likeness (QED) is 0.0588. The van der Waals surface area contributed by atoms with Crippen molar-refractivity contribution in [1.29, 1.82) is 0 Å². The molecule has 10 rings (SSSR count). The van der Waals surface area contributed by atoms with E-state index in [2.05, 4.69) is 46.9 Å². The van der Waals surface area contributed by atoms with Gasteiger partial charge < -0.3 is 99.1 Å².